The van der Waals surface area contributed by atoms with Gasteiger partial charge < -0.3 is 20.1 Å². The minimum Gasteiger partial charge on any atom is -0.449 e. The van der Waals surface area contributed by atoms with Crippen molar-refractivity contribution in [3.63, 3.8) is 0 Å². The lowest BCUT2D eigenvalue weighted by molar-refractivity contribution is 0.139. The summed E-state index contributed by atoms with van der Waals surface area (Å²) in [6.07, 6.45) is 9.80. The molecular formula is C20H29ClO5S. The average molecular weight is 417 g/mol. The molecule has 0 spiro atoms. The van der Waals surface area contributed by atoms with Crippen LogP contribution in [0.25, 0.3) is 0 Å². The summed E-state index contributed by atoms with van der Waals surface area (Å²) in [6.45, 7) is 0.245. The maximum absolute atomic E-state index is 10.6. The van der Waals surface area contributed by atoms with Crippen LogP contribution in [0.4, 0.5) is 4.79 Å². The van der Waals surface area contributed by atoms with E-state index in [4.69, 9.17) is 21.8 Å². The van der Waals surface area contributed by atoms with Gasteiger partial charge in [-0.25, -0.2) is 4.79 Å². The van der Waals surface area contributed by atoms with E-state index in [0.29, 0.717) is 11.5 Å². The van der Waals surface area contributed by atoms with Crippen molar-refractivity contribution >= 4 is 29.1 Å². The molecule has 0 saturated heterocycles. The van der Waals surface area contributed by atoms with Gasteiger partial charge in [0.15, 0.2) is 5.06 Å². The Hall–Kier alpha value is -1.08. The molecule has 1 aromatic rings. The summed E-state index contributed by atoms with van der Waals surface area (Å²) in [4.78, 5) is 11.6. The van der Waals surface area contributed by atoms with E-state index in [1.54, 1.807) is 6.07 Å². The Morgan fingerprint density at radius 1 is 1.30 bits per heavy atom. The highest BCUT2D eigenvalue weighted by molar-refractivity contribution is 7.13. The maximum atomic E-state index is 10.6. The van der Waals surface area contributed by atoms with Crippen molar-refractivity contribution in [1.82, 2.24) is 0 Å². The Morgan fingerprint density at radius 3 is 2.85 bits per heavy atom. The summed E-state index contributed by atoms with van der Waals surface area (Å²) >= 11 is 7.84. The molecule has 0 amide bonds. The highest BCUT2D eigenvalue weighted by Gasteiger charge is 2.39. The normalized spacial score (nSPS) is 25.3. The number of allylic oxidation sites excluding steroid dienone is 1. The van der Waals surface area contributed by atoms with Gasteiger partial charge in [0.05, 0.1) is 6.10 Å². The zero-order valence-corrected chi connectivity index (χ0v) is 17.0. The lowest BCUT2D eigenvalue weighted by Gasteiger charge is -2.20. The molecule has 1 fully saturated rings. The van der Waals surface area contributed by atoms with Crippen LogP contribution in [-0.4, -0.2) is 39.6 Å². The van der Waals surface area contributed by atoms with Gasteiger partial charge in [-0.1, -0.05) is 18.6 Å². The Kier molecular flexibility index (Phi) is 9.62. The molecule has 152 valence electrons. The number of alkyl halides is 1. The van der Waals surface area contributed by atoms with E-state index in [0.717, 1.165) is 49.8 Å². The van der Waals surface area contributed by atoms with Crippen molar-refractivity contribution in [3.05, 3.63) is 29.2 Å². The quantitative estimate of drug-likeness (QED) is 0.208. The van der Waals surface area contributed by atoms with Gasteiger partial charge in [0.2, 0.25) is 0 Å². The fraction of sp³-hybridized carbons (Fsp3) is 0.650. The number of aryl methyl sites for hydroxylation is 1. The Balaban J connectivity index is 1.79. The summed E-state index contributed by atoms with van der Waals surface area (Å²) in [5.74, 6) is 0.352. The number of carbonyl (C=O) groups is 1. The number of aliphatic hydroxyl groups excluding tert-OH is 2. The SMILES string of the molecule is O=C(O)Oc1ccc(CCC[C@@H]2[C@@H](C=CCCCCCO)[C@H](O)C[C@H]2Cl)s1. The lowest BCUT2D eigenvalue weighted by Crippen LogP contribution is -2.18. The third-order valence-electron chi connectivity index (χ3n) is 5.04. The predicted octanol–water partition coefficient (Wildman–Crippen LogP) is 4.84. The zero-order valence-electron chi connectivity index (χ0n) is 15.4. The van der Waals surface area contributed by atoms with Crippen LogP contribution in [0.1, 0.15) is 49.8 Å². The summed E-state index contributed by atoms with van der Waals surface area (Å²) in [5.41, 5.74) is 0. The molecular weight excluding hydrogens is 388 g/mol. The molecule has 5 nitrogen and oxygen atoms in total. The van der Waals surface area contributed by atoms with Crippen LogP contribution in [0.2, 0.25) is 0 Å². The van der Waals surface area contributed by atoms with Crippen LogP contribution < -0.4 is 4.74 Å². The third kappa shape index (κ3) is 7.45. The molecule has 2 rings (SSSR count). The molecule has 7 heteroatoms. The van der Waals surface area contributed by atoms with Crippen molar-refractivity contribution in [2.75, 3.05) is 6.61 Å². The summed E-state index contributed by atoms with van der Waals surface area (Å²) in [7, 11) is 0. The number of thiophene rings is 1. The van der Waals surface area contributed by atoms with Crippen LogP contribution in [0.5, 0.6) is 5.06 Å². The van der Waals surface area contributed by atoms with Crippen molar-refractivity contribution in [3.8, 4) is 5.06 Å². The molecule has 1 aliphatic rings. The van der Waals surface area contributed by atoms with E-state index in [1.807, 2.05) is 6.07 Å². The number of hydrogen-bond donors (Lipinski definition) is 3. The number of hydrogen-bond acceptors (Lipinski definition) is 5. The second-order valence-electron chi connectivity index (χ2n) is 7.04. The number of halogens is 1. The van der Waals surface area contributed by atoms with E-state index >= 15 is 0 Å². The van der Waals surface area contributed by atoms with E-state index in [1.165, 1.54) is 11.3 Å². The minimum absolute atomic E-state index is 0.0155. The molecule has 4 atom stereocenters. The number of unbranched alkanes of at least 4 members (excludes halogenated alkanes) is 3. The van der Waals surface area contributed by atoms with Crippen molar-refractivity contribution < 1.29 is 24.9 Å². The molecule has 1 aromatic heterocycles. The first-order valence-electron chi connectivity index (χ1n) is 9.60. The highest BCUT2D eigenvalue weighted by Crippen LogP contribution is 2.40. The molecule has 0 radical (unpaired) electrons. The fourth-order valence-electron chi connectivity index (χ4n) is 3.68. The van der Waals surface area contributed by atoms with Gasteiger partial charge in [-0.3, -0.25) is 0 Å². The van der Waals surface area contributed by atoms with Gasteiger partial charge >= 0.3 is 6.16 Å². The largest absolute Gasteiger partial charge is 0.512 e. The van der Waals surface area contributed by atoms with Gasteiger partial charge in [-0.05, 0) is 63.0 Å². The Bertz CT molecular complexity index is 603. The second-order valence-corrected chi connectivity index (χ2v) is 8.73. The Labute approximate surface area is 169 Å². The minimum atomic E-state index is -1.29. The van der Waals surface area contributed by atoms with Gasteiger partial charge in [0, 0.05) is 22.8 Å². The predicted molar refractivity (Wildman–Crippen MR) is 108 cm³/mol. The van der Waals surface area contributed by atoms with Gasteiger partial charge in [0.1, 0.15) is 0 Å². The van der Waals surface area contributed by atoms with Crippen molar-refractivity contribution in [2.45, 2.75) is 62.8 Å². The fourth-order valence-corrected chi connectivity index (χ4v) is 5.05. The number of carboxylic acid groups (broad SMARTS) is 1. The third-order valence-corrected chi connectivity index (χ3v) is 6.57. The monoisotopic (exact) mass is 416 g/mol. The lowest BCUT2D eigenvalue weighted by atomic mass is 9.89. The van der Waals surface area contributed by atoms with Crippen LogP contribution in [0, 0.1) is 11.8 Å². The van der Waals surface area contributed by atoms with E-state index < -0.39 is 6.16 Å². The van der Waals surface area contributed by atoms with Crippen LogP contribution in [-0.2, 0) is 6.42 Å². The molecule has 1 aliphatic carbocycles. The van der Waals surface area contributed by atoms with Crippen LogP contribution in [0.3, 0.4) is 0 Å². The number of rotatable bonds is 11. The molecule has 0 bridgehead atoms. The first-order chi connectivity index (χ1) is 13.0. The summed E-state index contributed by atoms with van der Waals surface area (Å²) in [5, 5.41) is 28.2. The zero-order chi connectivity index (χ0) is 19.6. The van der Waals surface area contributed by atoms with Gasteiger partial charge in [-0.2, -0.15) is 0 Å². The van der Waals surface area contributed by atoms with Crippen molar-refractivity contribution in [1.29, 1.82) is 0 Å². The molecule has 27 heavy (non-hydrogen) atoms. The smallest absolute Gasteiger partial charge is 0.449 e. The van der Waals surface area contributed by atoms with Gasteiger partial charge in [-0.15, -0.1) is 22.9 Å². The molecule has 3 N–H and O–H groups in total. The van der Waals surface area contributed by atoms with Crippen LogP contribution in [0.15, 0.2) is 24.3 Å². The molecule has 0 aromatic carbocycles. The van der Waals surface area contributed by atoms with Crippen LogP contribution >= 0.6 is 22.9 Å². The first-order valence-corrected chi connectivity index (χ1v) is 10.9. The van der Waals surface area contributed by atoms with E-state index in [2.05, 4.69) is 16.9 Å². The standard InChI is InChI=1S/C20H29ClO5S/c21-17-13-18(23)16(8-4-2-1-3-5-12-22)15(17)9-6-7-14-10-11-19(27-14)26-20(24)25/h4,8,10-11,15-18,22-23H,1-3,5-7,9,12-13H2,(H,24,25)/t15-,16-,17-,18-/m1/s1. The first kappa shape index (κ1) is 22.2. The summed E-state index contributed by atoms with van der Waals surface area (Å²) in [6, 6.07) is 3.58. The average Bonchev–Trinajstić information content (AvgIpc) is 3.15. The number of aliphatic hydroxyl groups is 2. The second kappa shape index (κ2) is 11.7. The molecule has 1 saturated carbocycles. The summed E-state index contributed by atoms with van der Waals surface area (Å²) < 4.78 is 4.66. The molecule has 1 heterocycles. The topological polar surface area (TPSA) is 87.0 Å². The van der Waals surface area contributed by atoms with Crippen molar-refractivity contribution in [2.24, 2.45) is 11.8 Å². The highest BCUT2D eigenvalue weighted by atomic mass is 35.5. The molecule has 0 unspecified atom stereocenters. The maximum Gasteiger partial charge on any atom is 0.512 e. The number of ether oxygens (including phenoxy) is 1. The van der Waals surface area contributed by atoms with E-state index in [9.17, 15) is 9.90 Å². The van der Waals surface area contributed by atoms with E-state index in [-0.39, 0.29) is 29.9 Å². The van der Waals surface area contributed by atoms with Gasteiger partial charge in [0.25, 0.3) is 0 Å². The molecule has 0 aliphatic heterocycles. The Morgan fingerprint density at radius 2 is 2.11 bits per heavy atom.